The zero-order valence-corrected chi connectivity index (χ0v) is 11.8. The number of ether oxygens (including phenoxy) is 1. The molecule has 1 N–H and O–H groups in total. The standard InChI is InChI=1S/C16H19FN2O2/c17-12-3-1-2-10-9-19(6-4-11(10)12)16(20)14-8-15-13(18-14)5-7-21-15/h1-3,13-15,18H,4-9H2/t13-,14-,15-/m0/s1. The lowest BCUT2D eigenvalue weighted by molar-refractivity contribution is -0.134. The number of hydrogen-bond acceptors (Lipinski definition) is 3. The van der Waals surface area contributed by atoms with Crippen LogP contribution in [0.25, 0.3) is 0 Å². The predicted octanol–water partition coefficient (Wildman–Crippen LogP) is 1.23. The van der Waals surface area contributed by atoms with Gasteiger partial charge in [0.1, 0.15) is 5.82 Å². The van der Waals surface area contributed by atoms with E-state index in [4.69, 9.17) is 4.74 Å². The van der Waals surface area contributed by atoms with Crippen LogP contribution in [0.1, 0.15) is 24.0 Å². The number of benzene rings is 1. The van der Waals surface area contributed by atoms with Crippen LogP contribution in [0.3, 0.4) is 0 Å². The number of halogens is 1. The lowest BCUT2D eigenvalue weighted by Crippen LogP contribution is -2.47. The number of carbonyl (C=O) groups excluding carboxylic acids is 1. The highest BCUT2D eigenvalue weighted by Gasteiger charge is 2.42. The minimum Gasteiger partial charge on any atom is -0.376 e. The fourth-order valence-corrected chi connectivity index (χ4v) is 3.77. The molecule has 3 heterocycles. The molecule has 1 aromatic carbocycles. The molecule has 0 saturated carbocycles. The van der Waals surface area contributed by atoms with E-state index in [0.29, 0.717) is 25.6 Å². The highest BCUT2D eigenvalue weighted by Crippen LogP contribution is 2.28. The molecule has 5 heteroatoms. The van der Waals surface area contributed by atoms with Crippen molar-refractivity contribution in [3.05, 3.63) is 35.1 Å². The van der Waals surface area contributed by atoms with Gasteiger partial charge in [0.05, 0.1) is 12.1 Å². The normalized spacial score (nSPS) is 31.1. The first kappa shape index (κ1) is 13.2. The van der Waals surface area contributed by atoms with Gasteiger partial charge >= 0.3 is 0 Å². The van der Waals surface area contributed by atoms with Crippen molar-refractivity contribution >= 4 is 5.91 Å². The topological polar surface area (TPSA) is 41.6 Å². The van der Waals surface area contributed by atoms with Crippen molar-refractivity contribution in [2.45, 2.75) is 44.0 Å². The van der Waals surface area contributed by atoms with Crippen LogP contribution in [0.15, 0.2) is 18.2 Å². The zero-order valence-electron chi connectivity index (χ0n) is 11.8. The highest BCUT2D eigenvalue weighted by molar-refractivity contribution is 5.82. The molecule has 21 heavy (non-hydrogen) atoms. The molecule has 0 aromatic heterocycles. The Bertz CT molecular complexity index is 565. The van der Waals surface area contributed by atoms with Crippen LogP contribution >= 0.6 is 0 Å². The first-order valence-electron chi connectivity index (χ1n) is 7.65. The van der Waals surface area contributed by atoms with E-state index in [1.807, 2.05) is 11.0 Å². The average molecular weight is 290 g/mol. The lowest BCUT2D eigenvalue weighted by atomic mass is 9.98. The highest BCUT2D eigenvalue weighted by atomic mass is 19.1. The number of fused-ring (bicyclic) bond motifs is 2. The third-order valence-corrected chi connectivity index (χ3v) is 4.91. The van der Waals surface area contributed by atoms with Gasteiger partial charge in [-0.2, -0.15) is 0 Å². The molecule has 0 spiro atoms. The monoisotopic (exact) mass is 290 g/mol. The second-order valence-corrected chi connectivity index (χ2v) is 6.15. The SMILES string of the molecule is O=C([C@@H]1C[C@@H]2OCC[C@@H]2N1)N1CCc2c(F)cccc2C1. The molecular formula is C16H19FN2O2. The molecule has 0 bridgehead atoms. The lowest BCUT2D eigenvalue weighted by Gasteiger charge is -2.31. The number of hydrogen-bond donors (Lipinski definition) is 1. The Kier molecular flexibility index (Phi) is 3.19. The molecule has 4 rings (SSSR count). The number of nitrogens with zero attached hydrogens (tertiary/aromatic N) is 1. The van der Waals surface area contributed by atoms with Crippen LogP contribution < -0.4 is 5.32 Å². The Morgan fingerprint density at radius 2 is 2.33 bits per heavy atom. The van der Waals surface area contributed by atoms with E-state index in [9.17, 15) is 9.18 Å². The van der Waals surface area contributed by atoms with Crippen molar-refractivity contribution in [3.63, 3.8) is 0 Å². The fraction of sp³-hybridized carbons (Fsp3) is 0.562. The Morgan fingerprint density at radius 3 is 3.19 bits per heavy atom. The number of amides is 1. The number of carbonyl (C=O) groups is 1. The molecule has 2 saturated heterocycles. The van der Waals surface area contributed by atoms with Gasteiger partial charge in [-0.25, -0.2) is 4.39 Å². The van der Waals surface area contributed by atoms with Crippen LogP contribution in [-0.4, -0.2) is 42.1 Å². The van der Waals surface area contributed by atoms with Gasteiger partial charge in [0, 0.05) is 25.7 Å². The van der Waals surface area contributed by atoms with Crippen molar-refractivity contribution < 1.29 is 13.9 Å². The fourth-order valence-electron chi connectivity index (χ4n) is 3.77. The Balaban J connectivity index is 1.47. The van der Waals surface area contributed by atoms with Crippen LogP contribution in [0, 0.1) is 5.82 Å². The zero-order chi connectivity index (χ0) is 14.4. The quantitative estimate of drug-likeness (QED) is 0.846. The summed E-state index contributed by atoms with van der Waals surface area (Å²) in [5, 5.41) is 3.40. The first-order chi connectivity index (χ1) is 10.2. The van der Waals surface area contributed by atoms with E-state index in [0.717, 1.165) is 30.6 Å². The Morgan fingerprint density at radius 1 is 1.43 bits per heavy atom. The number of nitrogens with one attached hydrogen (secondary N) is 1. The molecule has 0 unspecified atom stereocenters. The maximum absolute atomic E-state index is 13.7. The summed E-state index contributed by atoms with van der Waals surface area (Å²) in [6.45, 7) is 1.90. The third kappa shape index (κ3) is 2.24. The first-order valence-corrected chi connectivity index (χ1v) is 7.65. The number of rotatable bonds is 1. The molecule has 1 amide bonds. The van der Waals surface area contributed by atoms with E-state index in [1.165, 1.54) is 6.07 Å². The van der Waals surface area contributed by atoms with Gasteiger partial charge in [-0.05, 0) is 36.5 Å². The molecular weight excluding hydrogens is 271 g/mol. The summed E-state index contributed by atoms with van der Waals surface area (Å²) in [5.74, 6) is -0.0237. The molecule has 1 aromatic rings. The van der Waals surface area contributed by atoms with Crippen molar-refractivity contribution in [1.82, 2.24) is 10.2 Å². The van der Waals surface area contributed by atoms with E-state index >= 15 is 0 Å². The second-order valence-electron chi connectivity index (χ2n) is 6.15. The van der Waals surface area contributed by atoms with Gasteiger partial charge in [0.15, 0.2) is 0 Å². The Hall–Kier alpha value is -1.46. The summed E-state index contributed by atoms with van der Waals surface area (Å²) in [7, 11) is 0. The molecule has 3 aliphatic rings. The van der Waals surface area contributed by atoms with Gasteiger partial charge in [-0.3, -0.25) is 4.79 Å². The van der Waals surface area contributed by atoms with Gasteiger partial charge in [0.25, 0.3) is 0 Å². The summed E-state index contributed by atoms with van der Waals surface area (Å²) in [4.78, 5) is 14.5. The van der Waals surface area contributed by atoms with E-state index in [1.54, 1.807) is 6.07 Å². The maximum Gasteiger partial charge on any atom is 0.240 e. The maximum atomic E-state index is 13.7. The van der Waals surface area contributed by atoms with E-state index in [-0.39, 0.29) is 23.9 Å². The van der Waals surface area contributed by atoms with E-state index < -0.39 is 0 Å². The minimum absolute atomic E-state index is 0.128. The summed E-state index contributed by atoms with van der Waals surface area (Å²) >= 11 is 0. The predicted molar refractivity (Wildman–Crippen MR) is 75.2 cm³/mol. The molecule has 0 radical (unpaired) electrons. The minimum atomic E-state index is -0.151. The van der Waals surface area contributed by atoms with Crippen LogP contribution in [-0.2, 0) is 22.5 Å². The van der Waals surface area contributed by atoms with Gasteiger partial charge in [-0.1, -0.05) is 12.1 Å². The van der Waals surface area contributed by atoms with Crippen LogP contribution in [0.5, 0.6) is 0 Å². The molecule has 4 nitrogen and oxygen atoms in total. The smallest absolute Gasteiger partial charge is 0.240 e. The summed E-state index contributed by atoms with van der Waals surface area (Å²) in [6, 6.07) is 5.31. The molecule has 3 aliphatic heterocycles. The molecule has 112 valence electrons. The third-order valence-electron chi connectivity index (χ3n) is 4.91. The van der Waals surface area contributed by atoms with Crippen molar-refractivity contribution in [1.29, 1.82) is 0 Å². The van der Waals surface area contributed by atoms with Crippen molar-refractivity contribution in [2.75, 3.05) is 13.2 Å². The van der Waals surface area contributed by atoms with Crippen molar-refractivity contribution in [2.24, 2.45) is 0 Å². The van der Waals surface area contributed by atoms with Crippen molar-refractivity contribution in [3.8, 4) is 0 Å². The summed E-state index contributed by atoms with van der Waals surface area (Å²) in [5.41, 5.74) is 1.70. The van der Waals surface area contributed by atoms with E-state index in [2.05, 4.69) is 5.32 Å². The van der Waals surface area contributed by atoms with Gasteiger partial charge in [-0.15, -0.1) is 0 Å². The summed E-state index contributed by atoms with van der Waals surface area (Å²) < 4.78 is 19.4. The molecule has 3 atom stereocenters. The Labute approximate surface area is 123 Å². The average Bonchev–Trinajstić information content (AvgIpc) is 3.07. The molecule has 2 fully saturated rings. The van der Waals surface area contributed by atoms with Gasteiger partial charge in [0.2, 0.25) is 5.91 Å². The van der Waals surface area contributed by atoms with Crippen LogP contribution in [0.2, 0.25) is 0 Å². The molecule has 0 aliphatic carbocycles. The largest absolute Gasteiger partial charge is 0.376 e. The van der Waals surface area contributed by atoms with Crippen LogP contribution in [0.4, 0.5) is 4.39 Å². The second kappa shape index (κ2) is 5.07. The summed E-state index contributed by atoms with van der Waals surface area (Å²) in [6.07, 6.45) is 2.54. The van der Waals surface area contributed by atoms with Gasteiger partial charge < -0.3 is 15.0 Å².